The number of hydrogen-bond donors (Lipinski definition) is 2. The summed E-state index contributed by atoms with van der Waals surface area (Å²) in [5.74, 6) is 0. The van der Waals surface area contributed by atoms with Gasteiger partial charge in [-0.05, 0) is 35.9 Å². The summed E-state index contributed by atoms with van der Waals surface area (Å²) in [5.41, 5.74) is 1.71. The van der Waals surface area contributed by atoms with E-state index in [-0.39, 0.29) is 4.90 Å². The van der Waals surface area contributed by atoms with E-state index in [1.165, 1.54) is 12.1 Å². The molecule has 0 amide bonds. The molecule has 0 aromatic heterocycles. The fourth-order valence-electron chi connectivity index (χ4n) is 1.57. The van der Waals surface area contributed by atoms with Crippen LogP contribution in [0.15, 0.2) is 57.9 Å². The predicted molar refractivity (Wildman–Crippen MR) is 77.7 cm³/mol. The minimum atomic E-state index is -4.16. The van der Waals surface area contributed by atoms with Crippen molar-refractivity contribution in [2.24, 2.45) is 0 Å². The highest BCUT2D eigenvalue weighted by atomic mass is 79.9. The number of halogens is 1. The topological polar surface area (TPSA) is 66.4 Å². The van der Waals surface area contributed by atoms with Crippen molar-refractivity contribution in [3.63, 3.8) is 0 Å². The van der Waals surface area contributed by atoms with Crippen molar-refractivity contribution in [2.75, 3.05) is 5.32 Å². The van der Waals surface area contributed by atoms with Crippen LogP contribution in [0, 0.1) is 0 Å². The van der Waals surface area contributed by atoms with E-state index < -0.39 is 10.1 Å². The van der Waals surface area contributed by atoms with Crippen LogP contribution in [0.25, 0.3) is 0 Å². The number of nitrogens with one attached hydrogen (secondary N) is 1. The standard InChI is InChI=1S/C13H12BrNO3S/c14-11-6-4-10(5-7-11)9-15-12-2-1-3-13(8-12)19(16,17)18/h1-8,15H,9H2,(H,16,17,18). The van der Waals surface area contributed by atoms with Gasteiger partial charge < -0.3 is 5.32 Å². The van der Waals surface area contributed by atoms with Gasteiger partial charge >= 0.3 is 0 Å². The molecule has 4 nitrogen and oxygen atoms in total. The first kappa shape index (κ1) is 14.0. The lowest BCUT2D eigenvalue weighted by Gasteiger charge is -2.07. The van der Waals surface area contributed by atoms with Crippen LogP contribution < -0.4 is 5.32 Å². The van der Waals surface area contributed by atoms with Gasteiger partial charge in [0.1, 0.15) is 0 Å². The van der Waals surface area contributed by atoms with Crippen molar-refractivity contribution >= 4 is 31.7 Å². The van der Waals surface area contributed by atoms with E-state index in [1.54, 1.807) is 12.1 Å². The SMILES string of the molecule is O=S(=O)(O)c1cccc(NCc2ccc(Br)cc2)c1. The Morgan fingerprint density at radius 1 is 1.11 bits per heavy atom. The predicted octanol–water partition coefficient (Wildman–Crippen LogP) is 3.31. The molecule has 0 aliphatic rings. The van der Waals surface area contributed by atoms with Gasteiger partial charge in [0, 0.05) is 16.7 Å². The second-order valence-corrected chi connectivity index (χ2v) is 6.32. The largest absolute Gasteiger partial charge is 0.381 e. The van der Waals surface area contributed by atoms with E-state index in [2.05, 4.69) is 21.2 Å². The van der Waals surface area contributed by atoms with Crippen molar-refractivity contribution in [1.29, 1.82) is 0 Å². The highest BCUT2D eigenvalue weighted by Gasteiger charge is 2.09. The van der Waals surface area contributed by atoms with E-state index in [0.717, 1.165) is 10.0 Å². The Bertz CT molecular complexity index is 669. The normalized spacial score (nSPS) is 11.3. The second-order valence-electron chi connectivity index (χ2n) is 3.98. The van der Waals surface area contributed by atoms with Crippen molar-refractivity contribution in [2.45, 2.75) is 11.4 Å². The summed E-state index contributed by atoms with van der Waals surface area (Å²) in [6, 6.07) is 13.9. The molecule has 0 bridgehead atoms. The third kappa shape index (κ3) is 4.05. The highest BCUT2D eigenvalue weighted by Crippen LogP contribution is 2.16. The Labute approximate surface area is 120 Å². The molecule has 0 aliphatic carbocycles. The summed E-state index contributed by atoms with van der Waals surface area (Å²) in [6.45, 7) is 0.572. The van der Waals surface area contributed by atoms with Gasteiger partial charge in [0.05, 0.1) is 4.90 Å². The molecule has 6 heteroatoms. The van der Waals surface area contributed by atoms with E-state index in [9.17, 15) is 8.42 Å². The molecule has 2 N–H and O–H groups in total. The van der Waals surface area contributed by atoms with Gasteiger partial charge in [-0.2, -0.15) is 8.42 Å². The molecular formula is C13H12BrNO3S. The Morgan fingerprint density at radius 3 is 2.42 bits per heavy atom. The minimum Gasteiger partial charge on any atom is -0.381 e. The molecule has 2 aromatic carbocycles. The Kier molecular flexibility index (Phi) is 4.24. The molecule has 0 fully saturated rings. The molecule has 2 aromatic rings. The van der Waals surface area contributed by atoms with Gasteiger partial charge in [-0.25, -0.2) is 0 Å². The number of hydrogen-bond acceptors (Lipinski definition) is 3. The smallest absolute Gasteiger partial charge is 0.294 e. The van der Waals surface area contributed by atoms with E-state index >= 15 is 0 Å². The van der Waals surface area contributed by atoms with Crippen LogP contribution in [0.1, 0.15) is 5.56 Å². The second kappa shape index (κ2) is 5.73. The first-order valence-corrected chi connectivity index (χ1v) is 7.74. The summed E-state index contributed by atoms with van der Waals surface area (Å²) in [5, 5.41) is 3.10. The first-order valence-electron chi connectivity index (χ1n) is 5.51. The van der Waals surface area contributed by atoms with E-state index in [1.807, 2.05) is 24.3 Å². The van der Waals surface area contributed by atoms with Crippen LogP contribution in [0.3, 0.4) is 0 Å². The molecule has 0 saturated carbocycles. The van der Waals surface area contributed by atoms with E-state index in [4.69, 9.17) is 4.55 Å². The summed E-state index contributed by atoms with van der Waals surface area (Å²) in [7, 11) is -4.16. The van der Waals surface area contributed by atoms with Gasteiger partial charge in [0.15, 0.2) is 0 Å². The Hall–Kier alpha value is -1.37. The quantitative estimate of drug-likeness (QED) is 0.837. The monoisotopic (exact) mass is 341 g/mol. The van der Waals surface area contributed by atoms with Gasteiger partial charge in [-0.15, -0.1) is 0 Å². The molecule has 0 spiro atoms. The summed E-state index contributed by atoms with van der Waals surface area (Å²) >= 11 is 3.36. The zero-order valence-corrected chi connectivity index (χ0v) is 12.3. The number of benzene rings is 2. The van der Waals surface area contributed by atoms with Gasteiger partial charge in [0.2, 0.25) is 0 Å². The van der Waals surface area contributed by atoms with Crippen LogP contribution in [-0.4, -0.2) is 13.0 Å². The number of anilines is 1. The highest BCUT2D eigenvalue weighted by molar-refractivity contribution is 9.10. The van der Waals surface area contributed by atoms with Gasteiger partial charge in [-0.1, -0.05) is 34.1 Å². The van der Waals surface area contributed by atoms with Crippen LogP contribution in [0.5, 0.6) is 0 Å². The van der Waals surface area contributed by atoms with Crippen LogP contribution in [0.4, 0.5) is 5.69 Å². The number of rotatable bonds is 4. The lowest BCUT2D eigenvalue weighted by molar-refractivity contribution is 0.483. The van der Waals surface area contributed by atoms with Crippen molar-refractivity contribution in [3.05, 3.63) is 58.6 Å². The molecule has 0 aliphatic heterocycles. The Morgan fingerprint density at radius 2 is 1.79 bits per heavy atom. The average Bonchev–Trinajstić information content (AvgIpc) is 2.37. The summed E-state index contributed by atoms with van der Waals surface area (Å²) < 4.78 is 32.0. The molecular weight excluding hydrogens is 330 g/mol. The first-order chi connectivity index (χ1) is 8.95. The third-order valence-electron chi connectivity index (χ3n) is 2.54. The van der Waals surface area contributed by atoms with Crippen molar-refractivity contribution in [3.8, 4) is 0 Å². The molecule has 0 saturated heterocycles. The molecule has 2 rings (SSSR count). The van der Waals surface area contributed by atoms with Crippen LogP contribution in [-0.2, 0) is 16.7 Å². The molecule has 100 valence electrons. The van der Waals surface area contributed by atoms with Gasteiger partial charge in [0.25, 0.3) is 10.1 Å². The van der Waals surface area contributed by atoms with E-state index in [0.29, 0.717) is 12.2 Å². The lowest BCUT2D eigenvalue weighted by Crippen LogP contribution is -2.02. The molecule has 0 atom stereocenters. The lowest BCUT2D eigenvalue weighted by atomic mass is 10.2. The molecule has 0 heterocycles. The van der Waals surface area contributed by atoms with Crippen molar-refractivity contribution in [1.82, 2.24) is 0 Å². The van der Waals surface area contributed by atoms with Crippen molar-refractivity contribution < 1.29 is 13.0 Å². The molecule has 0 radical (unpaired) electrons. The maximum absolute atomic E-state index is 11.0. The van der Waals surface area contributed by atoms with Crippen LogP contribution >= 0.6 is 15.9 Å². The minimum absolute atomic E-state index is 0.117. The summed E-state index contributed by atoms with van der Waals surface area (Å²) in [4.78, 5) is -0.117. The zero-order chi connectivity index (χ0) is 13.9. The molecule has 19 heavy (non-hydrogen) atoms. The average molecular weight is 342 g/mol. The molecule has 0 unspecified atom stereocenters. The third-order valence-corrected chi connectivity index (χ3v) is 3.92. The maximum Gasteiger partial charge on any atom is 0.294 e. The fraction of sp³-hybridized carbons (Fsp3) is 0.0769. The van der Waals surface area contributed by atoms with Crippen LogP contribution in [0.2, 0.25) is 0 Å². The Balaban J connectivity index is 2.10. The summed E-state index contributed by atoms with van der Waals surface area (Å²) in [6.07, 6.45) is 0. The zero-order valence-electron chi connectivity index (χ0n) is 9.88. The maximum atomic E-state index is 11.0. The fourth-order valence-corrected chi connectivity index (χ4v) is 2.36. The van der Waals surface area contributed by atoms with Gasteiger partial charge in [-0.3, -0.25) is 4.55 Å².